The van der Waals surface area contributed by atoms with Crippen molar-refractivity contribution in [3.63, 3.8) is 0 Å². The zero-order valence-electron chi connectivity index (χ0n) is 11.9. The van der Waals surface area contributed by atoms with Crippen LogP contribution < -0.4 is 0 Å². The Kier molecular flexibility index (Phi) is 7.01. The summed E-state index contributed by atoms with van der Waals surface area (Å²) >= 11 is 0. The lowest BCUT2D eigenvalue weighted by Crippen LogP contribution is -2.35. The van der Waals surface area contributed by atoms with Crippen LogP contribution in [-0.2, 0) is 18.3 Å². The van der Waals surface area contributed by atoms with Gasteiger partial charge in [0.15, 0.2) is 0 Å². The fourth-order valence-electron chi connectivity index (χ4n) is 2.31. The van der Waals surface area contributed by atoms with Gasteiger partial charge in [-0.25, -0.2) is 0 Å². The maximum atomic E-state index is 14.3. The van der Waals surface area contributed by atoms with Crippen LogP contribution in [0, 0.1) is 11.8 Å². The highest BCUT2D eigenvalue weighted by molar-refractivity contribution is 7.55. The molecule has 0 aliphatic carbocycles. The van der Waals surface area contributed by atoms with Crippen LogP contribution in [0.15, 0.2) is 0 Å². The van der Waals surface area contributed by atoms with Crippen LogP contribution in [0.1, 0.15) is 26.7 Å². The van der Waals surface area contributed by atoms with Crippen molar-refractivity contribution in [3.05, 3.63) is 0 Å². The molecule has 0 bridgehead atoms. The van der Waals surface area contributed by atoms with Crippen molar-refractivity contribution >= 4 is 7.60 Å². The average Bonchev–Trinajstić information content (AvgIpc) is 2.39. The first kappa shape index (κ1) is 18.0. The molecule has 0 radical (unpaired) electrons. The Morgan fingerprint density at radius 2 is 1.90 bits per heavy atom. The van der Waals surface area contributed by atoms with Crippen molar-refractivity contribution in [1.29, 1.82) is 0 Å². The van der Waals surface area contributed by atoms with Crippen LogP contribution in [-0.4, -0.2) is 43.8 Å². The molecule has 0 saturated carbocycles. The standard InChI is InChI=1S/C12H23F2O5P/c1-3-18-20(16,19-4-2)12(13,14)7-10-5-6-17-9-11(10)8-15/h10-11,15H,3-9H2,1-2H3/t10-,11-/m0/s1. The third kappa shape index (κ3) is 4.21. The van der Waals surface area contributed by atoms with Crippen LogP contribution in [0.3, 0.4) is 0 Å². The summed E-state index contributed by atoms with van der Waals surface area (Å²) in [6.07, 6.45) is -0.224. The first-order valence-electron chi connectivity index (χ1n) is 6.85. The molecule has 1 heterocycles. The molecule has 1 N–H and O–H groups in total. The van der Waals surface area contributed by atoms with E-state index < -0.39 is 25.6 Å². The van der Waals surface area contributed by atoms with Gasteiger partial charge in [0, 0.05) is 25.6 Å². The van der Waals surface area contributed by atoms with Crippen LogP contribution >= 0.6 is 7.60 Å². The van der Waals surface area contributed by atoms with Gasteiger partial charge in [0.25, 0.3) is 0 Å². The van der Waals surface area contributed by atoms with Gasteiger partial charge in [0.1, 0.15) is 0 Å². The van der Waals surface area contributed by atoms with Crippen molar-refractivity contribution in [2.24, 2.45) is 11.8 Å². The molecule has 0 unspecified atom stereocenters. The zero-order valence-corrected chi connectivity index (χ0v) is 12.8. The highest BCUT2D eigenvalue weighted by atomic mass is 31.2. The number of hydrogen-bond acceptors (Lipinski definition) is 5. The first-order valence-corrected chi connectivity index (χ1v) is 8.40. The Balaban J connectivity index is 2.81. The van der Waals surface area contributed by atoms with E-state index in [1.54, 1.807) is 0 Å². The second kappa shape index (κ2) is 7.80. The Morgan fingerprint density at radius 3 is 2.40 bits per heavy atom. The normalized spacial score (nSPS) is 24.9. The molecule has 8 heteroatoms. The van der Waals surface area contributed by atoms with Gasteiger partial charge in [0.2, 0.25) is 0 Å². The van der Waals surface area contributed by atoms with Gasteiger partial charge in [0.05, 0.1) is 19.8 Å². The molecule has 0 amide bonds. The topological polar surface area (TPSA) is 65.0 Å². The summed E-state index contributed by atoms with van der Waals surface area (Å²) in [6.45, 7) is 3.15. The van der Waals surface area contributed by atoms with E-state index in [2.05, 4.69) is 0 Å². The molecule has 5 nitrogen and oxygen atoms in total. The second-order valence-electron chi connectivity index (χ2n) is 4.77. The Labute approximate surface area is 118 Å². The lowest BCUT2D eigenvalue weighted by Gasteiger charge is -2.34. The smallest absolute Gasteiger partial charge is 0.396 e. The Morgan fingerprint density at radius 1 is 1.30 bits per heavy atom. The lowest BCUT2D eigenvalue weighted by molar-refractivity contribution is -0.0477. The number of hydrogen-bond donors (Lipinski definition) is 1. The predicted molar refractivity (Wildman–Crippen MR) is 69.9 cm³/mol. The van der Waals surface area contributed by atoms with Gasteiger partial charge in [-0.05, 0) is 26.2 Å². The fourth-order valence-corrected chi connectivity index (χ4v) is 3.90. The van der Waals surface area contributed by atoms with E-state index in [9.17, 15) is 18.5 Å². The summed E-state index contributed by atoms with van der Waals surface area (Å²) in [5.41, 5.74) is -3.56. The molecule has 0 aromatic heterocycles. The number of ether oxygens (including phenoxy) is 1. The van der Waals surface area contributed by atoms with E-state index in [0.717, 1.165) is 0 Å². The average molecular weight is 316 g/mol. The highest BCUT2D eigenvalue weighted by Gasteiger charge is 2.54. The van der Waals surface area contributed by atoms with E-state index in [4.69, 9.17) is 13.8 Å². The molecule has 2 atom stereocenters. The molecule has 0 spiro atoms. The fraction of sp³-hybridized carbons (Fsp3) is 1.00. The summed E-state index contributed by atoms with van der Waals surface area (Å²) < 4.78 is 55.5. The Hall–Kier alpha value is -0.0700. The minimum Gasteiger partial charge on any atom is -0.396 e. The maximum absolute atomic E-state index is 14.3. The van der Waals surface area contributed by atoms with E-state index in [1.807, 2.05) is 0 Å². The second-order valence-corrected chi connectivity index (χ2v) is 6.93. The van der Waals surface area contributed by atoms with Crippen molar-refractivity contribution in [1.82, 2.24) is 0 Å². The summed E-state index contributed by atoms with van der Waals surface area (Å²) in [5, 5.41) is 9.21. The number of aliphatic hydroxyl groups is 1. The molecule has 1 rings (SSSR count). The summed E-state index contributed by atoms with van der Waals surface area (Å²) in [6, 6.07) is 0. The Bertz CT molecular complexity index is 330. The lowest BCUT2D eigenvalue weighted by atomic mass is 9.86. The third-order valence-corrected chi connectivity index (χ3v) is 5.55. The van der Waals surface area contributed by atoms with Crippen molar-refractivity contribution in [2.45, 2.75) is 32.4 Å². The van der Waals surface area contributed by atoms with Gasteiger partial charge >= 0.3 is 13.3 Å². The summed E-state index contributed by atoms with van der Waals surface area (Å²) in [5.74, 6) is -0.829. The highest BCUT2D eigenvalue weighted by Crippen LogP contribution is 2.64. The van der Waals surface area contributed by atoms with Crippen LogP contribution in [0.25, 0.3) is 0 Å². The summed E-state index contributed by atoms with van der Waals surface area (Å²) in [4.78, 5) is 0. The first-order chi connectivity index (χ1) is 9.40. The van der Waals surface area contributed by atoms with E-state index in [-0.39, 0.29) is 32.3 Å². The number of alkyl halides is 2. The van der Waals surface area contributed by atoms with Gasteiger partial charge in [-0.2, -0.15) is 8.78 Å². The predicted octanol–water partition coefficient (Wildman–Crippen LogP) is 2.88. The molecular formula is C12H23F2O5P. The van der Waals surface area contributed by atoms with Crippen molar-refractivity contribution in [3.8, 4) is 0 Å². The molecular weight excluding hydrogens is 293 g/mol. The quantitative estimate of drug-likeness (QED) is 0.698. The minimum absolute atomic E-state index is 0.107. The summed E-state index contributed by atoms with van der Waals surface area (Å²) in [7, 11) is -4.48. The number of halogens is 2. The van der Waals surface area contributed by atoms with Crippen molar-refractivity contribution in [2.75, 3.05) is 33.0 Å². The molecule has 1 saturated heterocycles. The number of aliphatic hydroxyl groups excluding tert-OH is 1. The molecule has 1 fully saturated rings. The van der Waals surface area contributed by atoms with Gasteiger partial charge in [-0.3, -0.25) is 4.57 Å². The molecule has 0 aromatic rings. The van der Waals surface area contributed by atoms with Gasteiger partial charge in [-0.15, -0.1) is 0 Å². The monoisotopic (exact) mass is 316 g/mol. The van der Waals surface area contributed by atoms with Gasteiger partial charge in [-0.1, -0.05) is 0 Å². The minimum atomic E-state index is -4.48. The zero-order chi connectivity index (χ0) is 15.2. The maximum Gasteiger partial charge on any atom is 0.399 e. The molecule has 120 valence electrons. The molecule has 20 heavy (non-hydrogen) atoms. The van der Waals surface area contributed by atoms with Crippen molar-refractivity contribution < 1.29 is 32.2 Å². The van der Waals surface area contributed by atoms with Crippen LogP contribution in [0.2, 0.25) is 0 Å². The SMILES string of the molecule is CCOP(=O)(OCC)C(F)(F)C[C@@H]1CCOC[C@@H]1CO. The van der Waals surface area contributed by atoms with E-state index >= 15 is 0 Å². The largest absolute Gasteiger partial charge is 0.399 e. The van der Waals surface area contributed by atoms with Gasteiger partial charge < -0.3 is 18.9 Å². The molecule has 1 aliphatic rings. The van der Waals surface area contributed by atoms with E-state index in [1.165, 1.54) is 13.8 Å². The molecule has 1 aliphatic heterocycles. The van der Waals surface area contributed by atoms with Crippen LogP contribution in [0.4, 0.5) is 8.78 Å². The molecule has 0 aromatic carbocycles. The van der Waals surface area contributed by atoms with E-state index in [0.29, 0.717) is 13.0 Å². The number of rotatable bonds is 8. The van der Waals surface area contributed by atoms with Crippen LogP contribution in [0.5, 0.6) is 0 Å². The third-order valence-electron chi connectivity index (χ3n) is 3.37.